The van der Waals surface area contributed by atoms with E-state index in [1.165, 1.54) is 11.3 Å². The van der Waals surface area contributed by atoms with Crippen LogP contribution in [0.2, 0.25) is 0 Å². The normalized spacial score (nSPS) is 9.95. The number of ether oxygens (including phenoxy) is 2. The van der Waals surface area contributed by atoms with E-state index in [0.29, 0.717) is 28.1 Å². The first-order chi connectivity index (χ1) is 10.1. The Bertz CT molecular complexity index is 677. The molecule has 2 rings (SSSR count). The van der Waals surface area contributed by atoms with Crippen LogP contribution in [0.5, 0.6) is 11.5 Å². The molecular formula is C15H12BrNO3S. The number of carbonyl (C=O) groups is 1. The third-order valence-electron chi connectivity index (χ3n) is 2.55. The summed E-state index contributed by atoms with van der Waals surface area (Å²) in [5, 5.41) is 10.9. The van der Waals surface area contributed by atoms with Crippen LogP contribution in [0.3, 0.4) is 0 Å². The van der Waals surface area contributed by atoms with Crippen molar-refractivity contribution in [3.63, 3.8) is 0 Å². The Morgan fingerprint density at radius 3 is 2.90 bits per heavy atom. The number of carbonyl (C=O) groups excluding carboxylic acids is 1. The van der Waals surface area contributed by atoms with Crippen LogP contribution in [0.25, 0.3) is 0 Å². The number of rotatable bonds is 5. The SMILES string of the molecule is CCOc1cc(C#N)cc(Br)c1OC(=O)Cc1cccs1. The summed E-state index contributed by atoms with van der Waals surface area (Å²) in [6.07, 6.45) is 0.204. The van der Waals surface area contributed by atoms with Gasteiger partial charge < -0.3 is 9.47 Å². The highest BCUT2D eigenvalue weighted by atomic mass is 79.9. The molecule has 0 N–H and O–H groups in total. The maximum Gasteiger partial charge on any atom is 0.316 e. The van der Waals surface area contributed by atoms with Gasteiger partial charge in [-0.25, -0.2) is 0 Å². The molecule has 1 aromatic carbocycles. The average Bonchev–Trinajstić information content (AvgIpc) is 2.95. The fourth-order valence-corrected chi connectivity index (χ4v) is 2.91. The smallest absolute Gasteiger partial charge is 0.316 e. The van der Waals surface area contributed by atoms with E-state index >= 15 is 0 Å². The summed E-state index contributed by atoms with van der Waals surface area (Å²) >= 11 is 4.81. The summed E-state index contributed by atoms with van der Waals surface area (Å²) < 4.78 is 11.3. The van der Waals surface area contributed by atoms with Gasteiger partial charge in [0.25, 0.3) is 0 Å². The number of benzene rings is 1. The Morgan fingerprint density at radius 1 is 1.48 bits per heavy atom. The minimum absolute atomic E-state index is 0.204. The molecule has 4 nitrogen and oxygen atoms in total. The molecule has 1 heterocycles. The van der Waals surface area contributed by atoms with Crippen molar-refractivity contribution < 1.29 is 14.3 Å². The van der Waals surface area contributed by atoms with Gasteiger partial charge >= 0.3 is 5.97 Å². The van der Waals surface area contributed by atoms with Gasteiger partial charge in [0, 0.05) is 10.9 Å². The zero-order chi connectivity index (χ0) is 15.2. The van der Waals surface area contributed by atoms with E-state index in [2.05, 4.69) is 15.9 Å². The lowest BCUT2D eigenvalue weighted by Gasteiger charge is -2.12. The van der Waals surface area contributed by atoms with Crippen molar-refractivity contribution >= 4 is 33.2 Å². The molecule has 0 fully saturated rings. The average molecular weight is 366 g/mol. The summed E-state index contributed by atoms with van der Waals surface area (Å²) in [5.41, 5.74) is 0.434. The molecule has 0 aliphatic carbocycles. The standard InChI is InChI=1S/C15H12BrNO3S/c1-2-19-13-7-10(9-17)6-12(16)15(13)20-14(18)8-11-4-3-5-21-11/h3-7H,2,8H2,1H3. The summed E-state index contributed by atoms with van der Waals surface area (Å²) in [4.78, 5) is 12.9. The highest BCUT2D eigenvalue weighted by molar-refractivity contribution is 9.10. The van der Waals surface area contributed by atoms with Gasteiger partial charge in [0.15, 0.2) is 11.5 Å². The number of halogens is 1. The molecule has 2 aromatic rings. The van der Waals surface area contributed by atoms with Crippen LogP contribution < -0.4 is 9.47 Å². The van der Waals surface area contributed by atoms with Crippen LogP contribution in [-0.4, -0.2) is 12.6 Å². The zero-order valence-corrected chi connectivity index (χ0v) is 13.7. The van der Waals surface area contributed by atoms with Crippen molar-refractivity contribution in [3.05, 3.63) is 44.6 Å². The summed E-state index contributed by atoms with van der Waals surface area (Å²) in [6, 6.07) is 8.95. The van der Waals surface area contributed by atoms with E-state index in [1.54, 1.807) is 12.1 Å². The van der Waals surface area contributed by atoms with Crippen molar-refractivity contribution in [1.29, 1.82) is 5.26 Å². The quantitative estimate of drug-likeness (QED) is 0.594. The molecule has 0 spiro atoms. The minimum Gasteiger partial charge on any atom is -0.490 e. The lowest BCUT2D eigenvalue weighted by Crippen LogP contribution is -2.12. The van der Waals surface area contributed by atoms with Crippen molar-refractivity contribution in [1.82, 2.24) is 0 Å². The fraction of sp³-hybridized carbons (Fsp3) is 0.200. The van der Waals surface area contributed by atoms with Crippen molar-refractivity contribution in [2.24, 2.45) is 0 Å². The van der Waals surface area contributed by atoms with E-state index in [9.17, 15) is 4.79 Å². The van der Waals surface area contributed by atoms with Crippen molar-refractivity contribution in [3.8, 4) is 17.6 Å². The molecule has 0 aliphatic rings. The predicted octanol–water partition coefficient (Wildman–Crippen LogP) is 3.93. The molecule has 0 saturated heterocycles. The predicted molar refractivity (Wildman–Crippen MR) is 83.7 cm³/mol. The maximum atomic E-state index is 12.0. The fourth-order valence-electron chi connectivity index (χ4n) is 1.70. The van der Waals surface area contributed by atoms with E-state index < -0.39 is 0 Å². The molecule has 0 radical (unpaired) electrons. The zero-order valence-electron chi connectivity index (χ0n) is 11.3. The number of esters is 1. The molecule has 6 heteroatoms. The molecule has 108 valence electrons. The van der Waals surface area contributed by atoms with Crippen molar-refractivity contribution in [2.75, 3.05) is 6.61 Å². The van der Waals surface area contributed by atoms with E-state index in [0.717, 1.165) is 4.88 Å². The van der Waals surface area contributed by atoms with E-state index in [1.807, 2.05) is 30.5 Å². The molecule has 0 saturated carbocycles. The van der Waals surface area contributed by atoms with Crippen LogP contribution in [0, 0.1) is 11.3 Å². The van der Waals surface area contributed by atoms with Crippen molar-refractivity contribution in [2.45, 2.75) is 13.3 Å². The topological polar surface area (TPSA) is 59.3 Å². The molecule has 0 unspecified atom stereocenters. The summed E-state index contributed by atoms with van der Waals surface area (Å²) in [5.74, 6) is 0.309. The second-order valence-electron chi connectivity index (χ2n) is 4.06. The van der Waals surface area contributed by atoms with Crippen LogP contribution in [0.15, 0.2) is 34.1 Å². The van der Waals surface area contributed by atoms with Gasteiger partial charge in [-0.3, -0.25) is 4.79 Å². The minimum atomic E-state index is -0.371. The molecule has 0 atom stereocenters. The lowest BCUT2D eigenvalue weighted by atomic mass is 10.2. The Morgan fingerprint density at radius 2 is 2.29 bits per heavy atom. The molecule has 1 aromatic heterocycles. The first kappa shape index (κ1) is 15.5. The number of nitrogens with zero attached hydrogens (tertiary/aromatic N) is 1. The van der Waals surface area contributed by atoms with E-state index in [4.69, 9.17) is 14.7 Å². The van der Waals surface area contributed by atoms with Gasteiger partial charge in [-0.2, -0.15) is 5.26 Å². The first-order valence-corrected chi connectivity index (χ1v) is 7.90. The maximum absolute atomic E-state index is 12.0. The number of nitriles is 1. The van der Waals surface area contributed by atoms with Crippen LogP contribution in [0.4, 0.5) is 0 Å². The largest absolute Gasteiger partial charge is 0.490 e. The summed E-state index contributed by atoms with van der Waals surface area (Å²) in [6.45, 7) is 2.24. The van der Waals surface area contributed by atoms with Gasteiger partial charge in [0.1, 0.15) is 0 Å². The van der Waals surface area contributed by atoms with E-state index in [-0.39, 0.29) is 12.4 Å². The third kappa shape index (κ3) is 4.06. The lowest BCUT2D eigenvalue weighted by molar-refractivity contribution is -0.133. The Hall–Kier alpha value is -1.84. The number of hydrogen-bond donors (Lipinski definition) is 0. The molecule has 0 bridgehead atoms. The van der Waals surface area contributed by atoms with Gasteiger partial charge in [-0.05, 0) is 40.4 Å². The molecular weight excluding hydrogens is 354 g/mol. The molecule has 21 heavy (non-hydrogen) atoms. The number of thiophene rings is 1. The van der Waals surface area contributed by atoms with Crippen LogP contribution in [0.1, 0.15) is 17.4 Å². The highest BCUT2D eigenvalue weighted by Crippen LogP contribution is 2.37. The molecule has 0 amide bonds. The second-order valence-corrected chi connectivity index (χ2v) is 5.95. The molecule has 0 aliphatic heterocycles. The van der Waals surface area contributed by atoms with Gasteiger partial charge in [-0.1, -0.05) is 6.07 Å². The third-order valence-corrected chi connectivity index (χ3v) is 4.02. The Labute approximate surface area is 135 Å². The highest BCUT2D eigenvalue weighted by Gasteiger charge is 2.16. The van der Waals surface area contributed by atoms with Gasteiger partial charge in [0.05, 0.1) is 29.1 Å². The Kier molecular flexibility index (Phi) is 5.37. The van der Waals surface area contributed by atoms with Crippen LogP contribution >= 0.6 is 27.3 Å². The second kappa shape index (κ2) is 7.25. The van der Waals surface area contributed by atoms with Gasteiger partial charge in [-0.15, -0.1) is 11.3 Å². The Balaban J connectivity index is 2.22. The monoisotopic (exact) mass is 365 g/mol. The summed E-state index contributed by atoms with van der Waals surface area (Å²) in [7, 11) is 0. The first-order valence-electron chi connectivity index (χ1n) is 6.23. The van der Waals surface area contributed by atoms with Crippen LogP contribution in [-0.2, 0) is 11.2 Å². The number of hydrogen-bond acceptors (Lipinski definition) is 5. The van der Waals surface area contributed by atoms with Gasteiger partial charge in [0.2, 0.25) is 0 Å².